The monoisotopic (exact) mass is 311 g/mol. The lowest BCUT2D eigenvalue weighted by Crippen LogP contribution is -2.39. The van der Waals surface area contributed by atoms with E-state index in [4.69, 9.17) is 0 Å². The Morgan fingerprint density at radius 1 is 1.33 bits per heavy atom. The second-order valence-corrected chi connectivity index (χ2v) is 7.97. The Balaban J connectivity index is 1.76. The summed E-state index contributed by atoms with van der Waals surface area (Å²) in [4.78, 5) is 0. The van der Waals surface area contributed by atoms with E-state index < -0.39 is 16.1 Å². The summed E-state index contributed by atoms with van der Waals surface area (Å²) in [5, 5.41) is 10.1. The van der Waals surface area contributed by atoms with E-state index in [1.165, 1.54) is 6.26 Å². The van der Waals surface area contributed by atoms with E-state index in [2.05, 4.69) is 0 Å². The van der Waals surface area contributed by atoms with Crippen molar-refractivity contribution in [3.63, 3.8) is 0 Å². The van der Waals surface area contributed by atoms with Crippen molar-refractivity contribution in [1.82, 2.24) is 4.31 Å². The van der Waals surface area contributed by atoms with Gasteiger partial charge in [0.1, 0.15) is 0 Å². The van der Waals surface area contributed by atoms with Crippen LogP contribution in [0.3, 0.4) is 0 Å². The van der Waals surface area contributed by atoms with Gasteiger partial charge in [-0.15, -0.1) is 0 Å². The molecule has 0 bridgehead atoms. The molecule has 1 saturated heterocycles. The Morgan fingerprint density at radius 3 is 2.71 bits per heavy atom. The Hall–Kier alpha value is -0.910. The molecule has 4 nitrogen and oxygen atoms in total. The van der Waals surface area contributed by atoms with Gasteiger partial charge in [-0.05, 0) is 37.2 Å². The number of aliphatic hydroxyl groups excluding tert-OH is 1. The Morgan fingerprint density at radius 2 is 2.05 bits per heavy atom. The molecule has 5 heteroatoms. The lowest BCUT2D eigenvalue weighted by Gasteiger charge is -2.31. The second kappa shape index (κ2) is 7.38. The second-order valence-electron chi connectivity index (χ2n) is 5.99. The van der Waals surface area contributed by atoms with Gasteiger partial charge < -0.3 is 5.11 Å². The molecule has 0 aromatic heterocycles. The highest BCUT2D eigenvalue weighted by molar-refractivity contribution is 7.88. The molecule has 0 radical (unpaired) electrons. The summed E-state index contributed by atoms with van der Waals surface area (Å²) >= 11 is 0. The molecule has 0 spiro atoms. The zero-order valence-corrected chi connectivity index (χ0v) is 13.4. The highest BCUT2D eigenvalue weighted by atomic mass is 32.2. The average Bonchev–Trinajstić information content (AvgIpc) is 2.47. The first-order valence-corrected chi connectivity index (χ1v) is 9.50. The molecular weight excluding hydrogens is 286 g/mol. The predicted molar refractivity (Wildman–Crippen MR) is 84.4 cm³/mol. The third-order valence-electron chi connectivity index (χ3n) is 4.23. The summed E-state index contributed by atoms with van der Waals surface area (Å²) in [5.74, 6) is 0.427. The number of rotatable bonds is 6. The van der Waals surface area contributed by atoms with E-state index in [-0.39, 0.29) is 0 Å². The normalized spacial score (nSPS) is 22.1. The van der Waals surface area contributed by atoms with E-state index in [0.717, 1.165) is 37.7 Å². The van der Waals surface area contributed by atoms with Crippen LogP contribution >= 0.6 is 0 Å². The van der Waals surface area contributed by atoms with Gasteiger partial charge in [-0.2, -0.15) is 0 Å². The van der Waals surface area contributed by atoms with Gasteiger partial charge in [0.05, 0.1) is 12.4 Å². The molecule has 21 heavy (non-hydrogen) atoms. The molecule has 1 aromatic rings. The van der Waals surface area contributed by atoms with Gasteiger partial charge in [-0.3, -0.25) is 0 Å². The lowest BCUT2D eigenvalue weighted by molar-refractivity contribution is 0.157. The Kier molecular flexibility index (Phi) is 5.79. The number of hydrogen-bond acceptors (Lipinski definition) is 3. The number of hydrogen-bond donors (Lipinski definition) is 1. The van der Waals surface area contributed by atoms with Gasteiger partial charge in [0.15, 0.2) is 0 Å². The highest BCUT2D eigenvalue weighted by Gasteiger charge is 2.25. The number of sulfonamides is 1. The number of benzene rings is 1. The van der Waals surface area contributed by atoms with Crippen LogP contribution in [0.4, 0.5) is 0 Å². The van der Waals surface area contributed by atoms with Crippen LogP contribution in [0.2, 0.25) is 0 Å². The summed E-state index contributed by atoms with van der Waals surface area (Å²) in [7, 11) is -3.06. The molecule has 118 valence electrons. The topological polar surface area (TPSA) is 57.6 Å². The van der Waals surface area contributed by atoms with E-state index >= 15 is 0 Å². The summed E-state index contributed by atoms with van der Waals surface area (Å²) in [6.45, 7) is 1.29. The maximum Gasteiger partial charge on any atom is 0.211 e. The molecule has 0 amide bonds. The van der Waals surface area contributed by atoms with Gasteiger partial charge in [-0.1, -0.05) is 36.8 Å². The first-order valence-electron chi connectivity index (χ1n) is 7.65. The van der Waals surface area contributed by atoms with Gasteiger partial charge in [0.25, 0.3) is 0 Å². The molecule has 1 fully saturated rings. The molecule has 1 aliphatic heterocycles. The Bertz CT molecular complexity index is 530. The predicted octanol–water partition coefficient (Wildman–Crippen LogP) is 2.56. The quantitative estimate of drug-likeness (QED) is 0.878. The highest BCUT2D eigenvalue weighted by Crippen LogP contribution is 2.26. The van der Waals surface area contributed by atoms with E-state index in [0.29, 0.717) is 19.0 Å². The minimum Gasteiger partial charge on any atom is -0.388 e. The third-order valence-corrected chi connectivity index (χ3v) is 5.49. The molecule has 1 N–H and O–H groups in total. The molecule has 2 atom stereocenters. The average molecular weight is 311 g/mol. The van der Waals surface area contributed by atoms with Crippen LogP contribution in [0.15, 0.2) is 30.3 Å². The van der Waals surface area contributed by atoms with Crippen molar-refractivity contribution in [2.75, 3.05) is 19.3 Å². The zero-order chi connectivity index (χ0) is 15.3. The summed E-state index contributed by atoms with van der Waals surface area (Å²) < 4.78 is 24.8. The molecule has 2 unspecified atom stereocenters. The summed E-state index contributed by atoms with van der Waals surface area (Å²) in [6, 6.07) is 9.69. The van der Waals surface area contributed by atoms with Crippen LogP contribution in [0.1, 0.15) is 43.8 Å². The maximum absolute atomic E-state index is 11.6. The third kappa shape index (κ3) is 5.09. The first-order chi connectivity index (χ1) is 9.97. The van der Waals surface area contributed by atoms with Crippen molar-refractivity contribution in [1.29, 1.82) is 0 Å². The molecule has 0 saturated carbocycles. The standard InChI is InChI=1S/C16H25NO3S/c1-21(19,20)17-12-6-8-14(13-17)7-5-11-16(18)15-9-3-2-4-10-15/h2-4,9-10,14,16,18H,5-8,11-13H2,1H3. The molecular formula is C16H25NO3S. The van der Waals surface area contributed by atoms with Crippen LogP contribution in [0.25, 0.3) is 0 Å². The van der Waals surface area contributed by atoms with Crippen molar-refractivity contribution < 1.29 is 13.5 Å². The molecule has 0 aliphatic carbocycles. The zero-order valence-electron chi connectivity index (χ0n) is 12.6. The molecule has 1 heterocycles. The van der Waals surface area contributed by atoms with E-state index in [1.54, 1.807) is 4.31 Å². The fourth-order valence-electron chi connectivity index (χ4n) is 3.01. The van der Waals surface area contributed by atoms with Crippen LogP contribution in [0.5, 0.6) is 0 Å². The minimum atomic E-state index is -3.06. The van der Waals surface area contributed by atoms with E-state index in [1.807, 2.05) is 30.3 Å². The molecule has 2 rings (SSSR count). The van der Waals surface area contributed by atoms with Gasteiger partial charge in [0.2, 0.25) is 10.0 Å². The molecule has 1 aliphatic rings. The van der Waals surface area contributed by atoms with Gasteiger partial charge >= 0.3 is 0 Å². The summed E-state index contributed by atoms with van der Waals surface area (Å²) in [6.07, 6.45) is 5.55. The van der Waals surface area contributed by atoms with Gasteiger partial charge in [0, 0.05) is 13.1 Å². The van der Waals surface area contributed by atoms with Crippen molar-refractivity contribution in [3.05, 3.63) is 35.9 Å². The molecule has 1 aromatic carbocycles. The van der Waals surface area contributed by atoms with Crippen molar-refractivity contribution >= 4 is 10.0 Å². The Labute approximate surface area is 127 Å². The summed E-state index contributed by atoms with van der Waals surface area (Å²) in [5.41, 5.74) is 0.957. The lowest BCUT2D eigenvalue weighted by atomic mass is 9.92. The van der Waals surface area contributed by atoms with Crippen molar-refractivity contribution in [2.24, 2.45) is 5.92 Å². The number of aliphatic hydroxyl groups is 1. The van der Waals surface area contributed by atoms with Crippen LogP contribution < -0.4 is 0 Å². The van der Waals surface area contributed by atoms with Crippen LogP contribution in [-0.4, -0.2) is 37.2 Å². The van der Waals surface area contributed by atoms with Crippen molar-refractivity contribution in [2.45, 2.75) is 38.2 Å². The largest absolute Gasteiger partial charge is 0.388 e. The fraction of sp³-hybridized carbons (Fsp3) is 0.625. The maximum atomic E-state index is 11.6. The van der Waals surface area contributed by atoms with Crippen molar-refractivity contribution in [3.8, 4) is 0 Å². The first kappa shape index (κ1) is 16.5. The smallest absolute Gasteiger partial charge is 0.211 e. The van der Waals surface area contributed by atoms with E-state index in [9.17, 15) is 13.5 Å². The number of nitrogens with zero attached hydrogens (tertiary/aromatic N) is 1. The van der Waals surface area contributed by atoms with Gasteiger partial charge in [-0.25, -0.2) is 12.7 Å². The SMILES string of the molecule is CS(=O)(=O)N1CCCC(CCCC(O)c2ccccc2)C1. The van der Waals surface area contributed by atoms with Crippen LogP contribution in [-0.2, 0) is 10.0 Å². The minimum absolute atomic E-state index is 0.416. The van der Waals surface area contributed by atoms with Crippen LogP contribution in [0, 0.1) is 5.92 Å². The number of piperidine rings is 1. The fourth-order valence-corrected chi connectivity index (χ4v) is 3.95.